The molecule has 0 N–H and O–H groups in total. The molecule has 1 rings (SSSR count). The van der Waals surface area contributed by atoms with E-state index >= 15 is 0 Å². The molecule has 3 nitrogen and oxygen atoms in total. The Morgan fingerprint density at radius 1 is 1.50 bits per heavy atom. The van der Waals surface area contributed by atoms with Crippen LogP contribution in [0, 0.1) is 5.92 Å². The number of hydrogen-bond acceptors (Lipinski definition) is 2. The lowest BCUT2D eigenvalue weighted by molar-refractivity contribution is 0.478. The minimum atomic E-state index is 0.00259. The van der Waals surface area contributed by atoms with Gasteiger partial charge in [-0.25, -0.2) is 0 Å². The molecule has 0 aliphatic heterocycles. The number of rotatable bonds is 5. The lowest BCUT2D eigenvalue weighted by Crippen LogP contribution is -2.01. The summed E-state index contributed by atoms with van der Waals surface area (Å²) in [5, 5.41) is 8.09. The van der Waals surface area contributed by atoms with Crippen molar-refractivity contribution in [3.63, 3.8) is 0 Å². The van der Waals surface area contributed by atoms with Crippen LogP contribution >= 0.6 is 11.6 Å². The number of hydrogen-bond donors (Lipinski definition) is 0. The Bertz CT molecular complexity index is 270. The third-order valence-corrected chi connectivity index (χ3v) is 2.70. The van der Waals surface area contributed by atoms with E-state index in [-0.39, 0.29) is 5.38 Å². The van der Waals surface area contributed by atoms with Crippen LogP contribution in [0.1, 0.15) is 44.7 Å². The Hall–Kier alpha value is -0.570. The molecule has 14 heavy (non-hydrogen) atoms. The molecule has 0 fully saturated rings. The van der Waals surface area contributed by atoms with Gasteiger partial charge >= 0.3 is 0 Å². The molecule has 0 aromatic carbocycles. The molecule has 0 bridgehead atoms. The van der Waals surface area contributed by atoms with E-state index in [1.807, 2.05) is 17.8 Å². The average molecular weight is 216 g/mol. The number of halogens is 1. The lowest BCUT2D eigenvalue weighted by atomic mass is 10.1. The van der Waals surface area contributed by atoms with Gasteiger partial charge in [-0.3, -0.25) is 4.68 Å². The first-order chi connectivity index (χ1) is 6.63. The summed E-state index contributed by atoms with van der Waals surface area (Å²) in [7, 11) is 0. The van der Waals surface area contributed by atoms with Gasteiger partial charge in [0.05, 0.1) is 5.38 Å². The molecule has 4 heteroatoms. The fraction of sp³-hybridized carbons (Fsp3) is 0.800. The third kappa shape index (κ3) is 3.29. The van der Waals surface area contributed by atoms with Crippen LogP contribution in [0.4, 0.5) is 0 Å². The van der Waals surface area contributed by atoms with E-state index in [1.54, 1.807) is 0 Å². The van der Waals surface area contributed by atoms with Gasteiger partial charge in [0.2, 0.25) is 0 Å². The monoisotopic (exact) mass is 215 g/mol. The number of nitrogens with zero attached hydrogens (tertiary/aromatic N) is 3. The van der Waals surface area contributed by atoms with Gasteiger partial charge in [0.25, 0.3) is 0 Å². The smallest absolute Gasteiger partial charge is 0.100 e. The van der Waals surface area contributed by atoms with E-state index in [4.69, 9.17) is 11.6 Å². The molecule has 0 saturated heterocycles. The molecule has 1 aromatic rings. The van der Waals surface area contributed by atoms with E-state index in [2.05, 4.69) is 24.2 Å². The SMILES string of the molecule is CCC(Cl)c1cn(CCC(C)C)nn1. The molecule has 0 radical (unpaired) electrons. The summed E-state index contributed by atoms with van der Waals surface area (Å²) >= 11 is 6.05. The van der Waals surface area contributed by atoms with Crippen LogP contribution in [0.25, 0.3) is 0 Å². The molecule has 0 spiro atoms. The summed E-state index contributed by atoms with van der Waals surface area (Å²) in [6, 6.07) is 0. The summed E-state index contributed by atoms with van der Waals surface area (Å²) in [5.74, 6) is 0.695. The van der Waals surface area contributed by atoms with Crippen molar-refractivity contribution in [1.29, 1.82) is 0 Å². The predicted octanol–water partition coefficient (Wildman–Crippen LogP) is 3.01. The van der Waals surface area contributed by atoms with Gasteiger partial charge in [0.15, 0.2) is 0 Å². The predicted molar refractivity (Wildman–Crippen MR) is 58.4 cm³/mol. The molecule has 1 unspecified atom stereocenters. The van der Waals surface area contributed by atoms with E-state index in [1.165, 1.54) is 0 Å². The molecule has 1 aromatic heterocycles. The molecule has 80 valence electrons. The van der Waals surface area contributed by atoms with E-state index in [9.17, 15) is 0 Å². The largest absolute Gasteiger partial charge is 0.252 e. The topological polar surface area (TPSA) is 30.7 Å². The second-order valence-corrected chi connectivity index (χ2v) is 4.49. The van der Waals surface area contributed by atoms with Crippen LogP contribution in [0.3, 0.4) is 0 Å². The first kappa shape index (κ1) is 11.5. The second-order valence-electron chi connectivity index (χ2n) is 3.96. The van der Waals surface area contributed by atoms with Crippen molar-refractivity contribution in [3.05, 3.63) is 11.9 Å². The van der Waals surface area contributed by atoms with Gasteiger partial charge in [-0.05, 0) is 18.8 Å². The summed E-state index contributed by atoms with van der Waals surface area (Å²) in [6.45, 7) is 7.38. The molecule has 0 aliphatic carbocycles. The zero-order valence-electron chi connectivity index (χ0n) is 9.07. The van der Waals surface area contributed by atoms with Gasteiger partial charge < -0.3 is 0 Å². The first-order valence-corrected chi connectivity index (χ1v) is 5.61. The van der Waals surface area contributed by atoms with Crippen LogP contribution in [0.15, 0.2) is 6.20 Å². The zero-order valence-corrected chi connectivity index (χ0v) is 9.83. The first-order valence-electron chi connectivity index (χ1n) is 5.17. The van der Waals surface area contributed by atoms with Gasteiger partial charge in [-0.2, -0.15) is 0 Å². The van der Waals surface area contributed by atoms with Crippen molar-refractivity contribution >= 4 is 11.6 Å². The molecular formula is C10H18ClN3. The van der Waals surface area contributed by atoms with E-state index in [0.717, 1.165) is 25.1 Å². The molecule has 1 heterocycles. The van der Waals surface area contributed by atoms with Gasteiger partial charge in [0.1, 0.15) is 5.69 Å². The van der Waals surface area contributed by atoms with Crippen LogP contribution in [0.5, 0.6) is 0 Å². The highest BCUT2D eigenvalue weighted by molar-refractivity contribution is 6.20. The Kier molecular flexibility index (Phi) is 4.39. The van der Waals surface area contributed by atoms with Crippen LogP contribution in [-0.4, -0.2) is 15.0 Å². The van der Waals surface area contributed by atoms with Crippen molar-refractivity contribution in [2.24, 2.45) is 5.92 Å². The van der Waals surface area contributed by atoms with Crippen LogP contribution in [-0.2, 0) is 6.54 Å². The summed E-state index contributed by atoms with van der Waals surface area (Å²) in [6.07, 6.45) is 3.97. The van der Waals surface area contributed by atoms with Crippen molar-refractivity contribution in [3.8, 4) is 0 Å². The Morgan fingerprint density at radius 3 is 2.79 bits per heavy atom. The van der Waals surface area contributed by atoms with Gasteiger partial charge in [-0.1, -0.05) is 26.0 Å². The standard InChI is InChI=1S/C10H18ClN3/c1-4-9(11)10-7-14(13-12-10)6-5-8(2)3/h7-9H,4-6H2,1-3H3. The van der Waals surface area contributed by atoms with Crippen molar-refractivity contribution in [1.82, 2.24) is 15.0 Å². The Balaban J connectivity index is 2.50. The van der Waals surface area contributed by atoms with Crippen molar-refractivity contribution in [2.75, 3.05) is 0 Å². The fourth-order valence-corrected chi connectivity index (χ4v) is 1.27. The quantitative estimate of drug-likeness (QED) is 0.707. The highest BCUT2D eigenvalue weighted by Gasteiger charge is 2.09. The Morgan fingerprint density at radius 2 is 2.21 bits per heavy atom. The molecule has 1 atom stereocenters. The van der Waals surface area contributed by atoms with E-state index < -0.39 is 0 Å². The molecular weight excluding hydrogens is 198 g/mol. The van der Waals surface area contributed by atoms with Crippen LogP contribution in [0.2, 0.25) is 0 Å². The van der Waals surface area contributed by atoms with Crippen LogP contribution < -0.4 is 0 Å². The summed E-state index contributed by atoms with van der Waals surface area (Å²) in [4.78, 5) is 0. The zero-order chi connectivity index (χ0) is 10.6. The molecule has 0 amide bonds. The maximum Gasteiger partial charge on any atom is 0.100 e. The second kappa shape index (κ2) is 5.35. The van der Waals surface area contributed by atoms with Crippen molar-refractivity contribution < 1.29 is 0 Å². The van der Waals surface area contributed by atoms with Crippen molar-refractivity contribution in [2.45, 2.75) is 45.5 Å². The average Bonchev–Trinajstić information content (AvgIpc) is 2.62. The molecule has 0 saturated carbocycles. The normalized spacial score (nSPS) is 13.5. The minimum Gasteiger partial charge on any atom is -0.252 e. The maximum atomic E-state index is 6.05. The maximum absolute atomic E-state index is 6.05. The Labute approximate surface area is 90.4 Å². The lowest BCUT2D eigenvalue weighted by Gasteiger charge is -2.03. The third-order valence-electron chi connectivity index (χ3n) is 2.17. The fourth-order valence-electron chi connectivity index (χ4n) is 1.17. The van der Waals surface area contributed by atoms with E-state index in [0.29, 0.717) is 5.92 Å². The summed E-state index contributed by atoms with van der Waals surface area (Å²) in [5.41, 5.74) is 0.887. The summed E-state index contributed by atoms with van der Waals surface area (Å²) < 4.78 is 1.88. The van der Waals surface area contributed by atoms with Gasteiger partial charge in [-0.15, -0.1) is 16.7 Å². The number of aromatic nitrogens is 3. The van der Waals surface area contributed by atoms with Gasteiger partial charge in [0, 0.05) is 12.7 Å². The highest BCUT2D eigenvalue weighted by atomic mass is 35.5. The number of aryl methyl sites for hydroxylation is 1. The molecule has 0 aliphatic rings. The number of alkyl halides is 1. The minimum absolute atomic E-state index is 0.00259. The highest BCUT2D eigenvalue weighted by Crippen LogP contribution is 2.20.